The Morgan fingerprint density at radius 2 is 1.80 bits per heavy atom. The van der Waals surface area contributed by atoms with Crippen molar-refractivity contribution in [3.05, 3.63) is 64.7 Å². The van der Waals surface area contributed by atoms with Gasteiger partial charge in [0.15, 0.2) is 6.10 Å². The molecule has 0 amide bonds. The molecular weight excluding hydrogens is 248 g/mol. The summed E-state index contributed by atoms with van der Waals surface area (Å²) in [6.07, 6.45) is 0.794. The Bertz CT molecular complexity index is 656. The monoisotopic (exact) mass is 266 g/mol. The van der Waals surface area contributed by atoms with Gasteiger partial charge in [-0.05, 0) is 37.1 Å². The standard InChI is InChI=1S/C17H18N2O/c1-11-5-3-6-12(2)17(11)16-10-15(19-20-16)13-7-4-8-14(18)9-13/h3-9,16H,10,18H2,1-2H3. The highest BCUT2D eigenvalue weighted by Crippen LogP contribution is 2.33. The van der Waals surface area contributed by atoms with Gasteiger partial charge in [0.2, 0.25) is 0 Å². The van der Waals surface area contributed by atoms with Crippen LogP contribution in [0.5, 0.6) is 0 Å². The molecule has 1 heterocycles. The van der Waals surface area contributed by atoms with E-state index in [0.29, 0.717) is 0 Å². The van der Waals surface area contributed by atoms with Crippen LogP contribution in [0, 0.1) is 13.8 Å². The second-order valence-electron chi connectivity index (χ2n) is 5.27. The molecule has 0 saturated heterocycles. The molecule has 0 bridgehead atoms. The van der Waals surface area contributed by atoms with Gasteiger partial charge in [0.05, 0.1) is 5.71 Å². The largest absolute Gasteiger partial charge is 0.399 e. The first-order valence-electron chi connectivity index (χ1n) is 6.80. The Balaban J connectivity index is 1.86. The molecule has 0 saturated carbocycles. The van der Waals surface area contributed by atoms with E-state index in [-0.39, 0.29) is 6.10 Å². The molecule has 3 heteroatoms. The Labute approximate surface area is 119 Å². The Hall–Kier alpha value is -2.29. The van der Waals surface area contributed by atoms with Gasteiger partial charge >= 0.3 is 0 Å². The Morgan fingerprint density at radius 1 is 1.10 bits per heavy atom. The van der Waals surface area contributed by atoms with Gasteiger partial charge in [0.25, 0.3) is 0 Å². The molecule has 0 aliphatic carbocycles. The normalized spacial score (nSPS) is 17.7. The van der Waals surface area contributed by atoms with Gasteiger partial charge in [-0.25, -0.2) is 0 Å². The molecule has 3 nitrogen and oxygen atoms in total. The summed E-state index contributed by atoms with van der Waals surface area (Å²) in [6, 6.07) is 14.1. The first-order chi connectivity index (χ1) is 9.65. The summed E-state index contributed by atoms with van der Waals surface area (Å²) in [4.78, 5) is 5.65. The Kier molecular flexibility index (Phi) is 3.18. The number of anilines is 1. The molecular formula is C17H18N2O. The van der Waals surface area contributed by atoms with Crippen molar-refractivity contribution in [1.82, 2.24) is 0 Å². The van der Waals surface area contributed by atoms with Crippen molar-refractivity contribution < 1.29 is 4.84 Å². The van der Waals surface area contributed by atoms with E-state index in [1.165, 1.54) is 16.7 Å². The molecule has 0 aromatic heterocycles. The molecule has 20 heavy (non-hydrogen) atoms. The highest BCUT2D eigenvalue weighted by molar-refractivity contribution is 6.01. The van der Waals surface area contributed by atoms with E-state index in [4.69, 9.17) is 10.6 Å². The molecule has 1 aliphatic rings. The summed E-state index contributed by atoms with van der Waals surface area (Å²) in [5, 5.41) is 4.25. The minimum absolute atomic E-state index is 0.00707. The number of hydrogen-bond donors (Lipinski definition) is 1. The van der Waals surface area contributed by atoms with Crippen molar-refractivity contribution in [2.75, 3.05) is 5.73 Å². The zero-order valence-corrected chi connectivity index (χ0v) is 11.8. The number of benzene rings is 2. The smallest absolute Gasteiger partial charge is 0.158 e. The molecule has 3 rings (SSSR count). The Morgan fingerprint density at radius 3 is 2.50 bits per heavy atom. The highest BCUT2D eigenvalue weighted by atomic mass is 16.6. The van der Waals surface area contributed by atoms with Gasteiger partial charge in [0.1, 0.15) is 0 Å². The average Bonchev–Trinajstić information content (AvgIpc) is 2.88. The first kappa shape index (κ1) is 12.7. The third-order valence-corrected chi connectivity index (χ3v) is 3.75. The van der Waals surface area contributed by atoms with Crippen molar-refractivity contribution in [2.45, 2.75) is 26.4 Å². The number of rotatable bonds is 2. The molecule has 0 spiro atoms. The quantitative estimate of drug-likeness (QED) is 0.841. The predicted octanol–water partition coefficient (Wildman–Crippen LogP) is 3.75. The molecule has 2 aromatic rings. The lowest BCUT2D eigenvalue weighted by molar-refractivity contribution is 0.0848. The van der Waals surface area contributed by atoms with Crippen LogP contribution in [0.4, 0.5) is 5.69 Å². The molecule has 1 atom stereocenters. The van der Waals surface area contributed by atoms with Gasteiger partial charge in [-0.15, -0.1) is 0 Å². The SMILES string of the molecule is Cc1cccc(C)c1C1CC(c2cccc(N)c2)=NO1. The maximum Gasteiger partial charge on any atom is 0.158 e. The number of aryl methyl sites for hydroxylation is 2. The van der Waals surface area contributed by atoms with Crippen molar-refractivity contribution in [1.29, 1.82) is 0 Å². The van der Waals surface area contributed by atoms with Crippen LogP contribution in [0.3, 0.4) is 0 Å². The van der Waals surface area contributed by atoms with Gasteiger partial charge in [0, 0.05) is 23.2 Å². The lowest BCUT2D eigenvalue weighted by Gasteiger charge is -2.14. The summed E-state index contributed by atoms with van der Waals surface area (Å²) in [6.45, 7) is 4.23. The molecule has 0 fully saturated rings. The zero-order chi connectivity index (χ0) is 14.1. The van der Waals surface area contributed by atoms with Gasteiger partial charge in [-0.2, -0.15) is 0 Å². The lowest BCUT2D eigenvalue weighted by Crippen LogP contribution is -2.05. The maximum absolute atomic E-state index is 5.82. The maximum atomic E-state index is 5.82. The molecule has 1 unspecified atom stereocenters. The lowest BCUT2D eigenvalue weighted by atomic mass is 9.93. The second-order valence-corrected chi connectivity index (χ2v) is 5.27. The van der Waals surface area contributed by atoms with Crippen LogP contribution in [0.25, 0.3) is 0 Å². The summed E-state index contributed by atoms with van der Waals surface area (Å²) in [5.74, 6) is 0. The number of nitrogens with two attached hydrogens (primary N) is 1. The van der Waals surface area contributed by atoms with Crippen molar-refractivity contribution in [3.8, 4) is 0 Å². The third kappa shape index (κ3) is 2.27. The average molecular weight is 266 g/mol. The first-order valence-corrected chi connectivity index (χ1v) is 6.80. The highest BCUT2D eigenvalue weighted by Gasteiger charge is 2.26. The number of nitrogens with zero attached hydrogens (tertiary/aromatic N) is 1. The number of oxime groups is 1. The minimum Gasteiger partial charge on any atom is -0.399 e. The molecule has 2 N–H and O–H groups in total. The molecule has 0 radical (unpaired) electrons. The minimum atomic E-state index is 0.00707. The fourth-order valence-electron chi connectivity index (χ4n) is 2.76. The van der Waals surface area contributed by atoms with Crippen LogP contribution in [-0.4, -0.2) is 5.71 Å². The van der Waals surface area contributed by atoms with E-state index in [0.717, 1.165) is 23.4 Å². The van der Waals surface area contributed by atoms with E-state index in [1.54, 1.807) is 0 Å². The third-order valence-electron chi connectivity index (χ3n) is 3.75. The zero-order valence-electron chi connectivity index (χ0n) is 11.8. The van der Waals surface area contributed by atoms with Gasteiger partial charge in [-0.3, -0.25) is 0 Å². The number of nitrogen functional groups attached to an aromatic ring is 1. The van der Waals surface area contributed by atoms with Crippen LogP contribution in [0.2, 0.25) is 0 Å². The van der Waals surface area contributed by atoms with Crippen LogP contribution in [0.15, 0.2) is 47.6 Å². The fourth-order valence-corrected chi connectivity index (χ4v) is 2.76. The van der Waals surface area contributed by atoms with Crippen LogP contribution in [-0.2, 0) is 4.84 Å². The summed E-state index contributed by atoms with van der Waals surface area (Å²) >= 11 is 0. The van der Waals surface area contributed by atoms with Crippen LogP contribution >= 0.6 is 0 Å². The van der Waals surface area contributed by atoms with E-state index in [1.807, 2.05) is 24.3 Å². The van der Waals surface area contributed by atoms with E-state index in [9.17, 15) is 0 Å². The summed E-state index contributed by atoms with van der Waals surface area (Å²) in [5.41, 5.74) is 12.3. The summed E-state index contributed by atoms with van der Waals surface area (Å²) < 4.78 is 0. The van der Waals surface area contributed by atoms with Gasteiger partial charge in [-0.1, -0.05) is 35.5 Å². The van der Waals surface area contributed by atoms with E-state index >= 15 is 0 Å². The van der Waals surface area contributed by atoms with E-state index < -0.39 is 0 Å². The van der Waals surface area contributed by atoms with E-state index in [2.05, 4.69) is 37.2 Å². The summed E-state index contributed by atoms with van der Waals surface area (Å²) in [7, 11) is 0. The van der Waals surface area contributed by atoms with Crippen molar-refractivity contribution in [3.63, 3.8) is 0 Å². The molecule has 2 aromatic carbocycles. The molecule has 102 valence electrons. The van der Waals surface area contributed by atoms with Crippen molar-refractivity contribution in [2.24, 2.45) is 5.16 Å². The van der Waals surface area contributed by atoms with Gasteiger partial charge < -0.3 is 10.6 Å². The predicted molar refractivity (Wildman–Crippen MR) is 81.8 cm³/mol. The van der Waals surface area contributed by atoms with Crippen LogP contribution < -0.4 is 5.73 Å². The number of hydrogen-bond acceptors (Lipinski definition) is 3. The van der Waals surface area contributed by atoms with Crippen molar-refractivity contribution >= 4 is 11.4 Å². The molecule has 1 aliphatic heterocycles. The second kappa shape index (κ2) is 5.00. The van der Waals surface area contributed by atoms with Crippen LogP contribution in [0.1, 0.15) is 34.8 Å². The fraction of sp³-hybridized carbons (Fsp3) is 0.235. The topological polar surface area (TPSA) is 47.6 Å².